The Morgan fingerprint density at radius 3 is 3.00 bits per heavy atom. The zero-order valence-corrected chi connectivity index (χ0v) is 4.20. The maximum absolute atomic E-state index is 10.3. The highest BCUT2D eigenvalue weighted by atomic mass is 16.7. The molecule has 0 amide bonds. The molecule has 1 rings (SSSR count). The third-order valence-electron chi connectivity index (χ3n) is 0.635. The molecule has 0 saturated heterocycles. The van der Waals surface area contributed by atoms with Crippen LogP contribution in [0.2, 0.25) is 0 Å². The molecule has 0 aliphatic heterocycles. The van der Waals surface area contributed by atoms with Crippen molar-refractivity contribution in [3.8, 4) is 0 Å². The van der Waals surface area contributed by atoms with Crippen LogP contribution in [-0.4, -0.2) is 17.1 Å². The van der Waals surface area contributed by atoms with E-state index in [0.29, 0.717) is 0 Å². The Bertz CT molecular complexity index is 212. The van der Waals surface area contributed by atoms with Crippen LogP contribution >= 0.6 is 0 Å². The molecule has 44 valence electrons. The molecule has 0 unspecified atom stereocenters. The normalized spacial score (nSPS) is 9.12. The summed E-state index contributed by atoms with van der Waals surface area (Å²) in [6.45, 7) is 0. The van der Waals surface area contributed by atoms with E-state index < -0.39 is 5.76 Å². The van der Waals surface area contributed by atoms with Gasteiger partial charge >= 0.3 is 5.76 Å². The summed E-state index contributed by atoms with van der Waals surface area (Å²) in [5.74, 6) is -0.618. The molecule has 5 heteroatoms. The highest BCUT2D eigenvalue weighted by molar-refractivity contribution is 4.42. The first-order valence-electron chi connectivity index (χ1n) is 1.92. The van der Waals surface area contributed by atoms with Gasteiger partial charge in [0.2, 0.25) is 6.39 Å². The third-order valence-corrected chi connectivity index (χ3v) is 0.635. The maximum Gasteiger partial charge on any atom is 0.471 e. The van der Waals surface area contributed by atoms with E-state index in [1.807, 2.05) is 0 Å². The van der Waals surface area contributed by atoms with E-state index in [0.717, 1.165) is 11.2 Å². The van der Waals surface area contributed by atoms with E-state index >= 15 is 0 Å². The van der Waals surface area contributed by atoms with Crippen LogP contribution < -0.4 is 10.6 Å². The Morgan fingerprint density at radius 1 is 2.00 bits per heavy atom. The summed E-state index contributed by atoms with van der Waals surface area (Å²) in [5.41, 5.74) is 0. The van der Waals surface area contributed by atoms with Gasteiger partial charge in [0.25, 0.3) is 0 Å². The summed E-state index contributed by atoms with van der Waals surface area (Å²) in [7, 11) is 1.32. The number of hydrogen-bond acceptors (Lipinski definition) is 4. The van der Waals surface area contributed by atoms with Crippen LogP contribution in [0.3, 0.4) is 0 Å². The predicted octanol–water partition coefficient (Wildman–Crippen LogP) is -1.11. The van der Waals surface area contributed by atoms with Gasteiger partial charge in [0.1, 0.15) is 7.11 Å². The zero-order valence-electron chi connectivity index (χ0n) is 4.20. The van der Waals surface area contributed by atoms with E-state index in [-0.39, 0.29) is 0 Å². The Morgan fingerprint density at radius 2 is 2.75 bits per heavy atom. The molecule has 8 heavy (non-hydrogen) atoms. The molecule has 0 fully saturated rings. The highest BCUT2D eigenvalue weighted by Gasteiger charge is 1.93. The van der Waals surface area contributed by atoms with Crippen LogP contribution in [0.5, 0.6) is 0 Å². The number of nitrogens with zero attached hydrogens (tertiary/aromatic N) is 2. The minimum Gasteiger partial charge on any atom is -0.395 e. The topological polar surface area (TPSA) is 57.3 Å². The molecule has 0 N–H and O–H groups in total. The number of aromatic nitrogens is 2. The van der Waals surface area contributed by atoms with E-state index in [1.165, 1.54) is 7.11 Å². The molecular formula is C3H4N2O3. The fourth-order valence-corrected chi connectivity index (χ4v) is 0.325. The minimum absolute atomic E-state index is 0.618. The van der Waals surface area contributed by atoms with Crippen LogP contribution in [-0.2, 0) is 0 Å². The first-order chi connectivity index (χ1) is 3.84. The second-order valence-electron chi connectivity index (χ2n) is 1.06. The van der Waals surface area contributed by atoms with Gasteiger partial charge < -0.3 is 9.25 Å². The van der Waals surface area contributed by atoms with Gasteiger partial charge in [0.05, 0.1) is 0 Å². The summed E-state index contributed by atoms with van der Waals surface area (Å²) >= 11 is 0. The molecule has 5 nitrogen and oxygen atoms in total. The standard InChI is InChI=1S/C3H4N2O3/c1-7-5-3(6)8-2-4-5/h2H,1H3. The monoisotopic (exact) mass is 116 g/mol. The lowest BCUT2D eigenvalue weighted by atomic mass is 11.4. The number of hydrogen-bond donors (Lipinski definition) is 0. The lowest BCUT2D eigenvalue weighted by Gasteiger charge is -1.87. The van der Waals surface area contributed by atoms with Crippen LogP contribution in [0.25, 0.3) is 0 Å². The van der Waals surface area contributed by atoms with Gasteiger partial charge in [-0.1, -0.05) is 5.10 Å². The van der Waals surface area contributed by atoms with Crippen molar-refractivity contribution in [1.29, 1.82) is 0 Å². The second kappa shape index (κ2) is 1.69. The van der Waals surface area contributed by atoms with Gasteiger partial charge in [-0.05, 0) is 4.85 Å². The molecule has 0 saturated carbocycles. The summed E-state index contributed by atoms with van der Waals surface area (Å²) in [5, 5.41) is 3.35. The predicted molar refractivity (Wildman–Crippen MR) is 23.3 cm³/mol. The van der Waals surface area contributed by atoms with Crippen molar-refractivity contribution in [3.63, 3.8) is 0 Å². The molecule has 0 radical (unpaired) electrons. The lowest BCUT2D eigenvalue weighted by molar-refractivity contribution is 0.117. The van der Waals surface area contributed by atoms with E-state index in [4.69, 9.17) is 0 Å². The van der Waals surface area contributed by atoms with Crippen molar-refractivity contribution in [2.24, 2.45) is 0 Å². The van der Waals surface area contributed by atoms with Gasteiger partial charge in [-0.2, -0.15) is 0 Å². The maximum atomic E-state index is 10.3. The summed E-state index contributed by atoms with van der Waals surface area (Å²) in [6.07, 6.45) is 1.01. The zero-order chi connectivity index (χ0) is 5.98. The van der Waals surface area contributed by atoms with Gasteiger partial charge in [-0.15, -0.1) is 0 Å². The summed E-state index contributed by atoms with van der Waals surface area (Å²) < 4.78 is 4.23. The van der Waals surface area contributed by atoms with Crippen LogP contribution in [0, 0.1) is 0 Å². The molecule has 1 aromatic heterocycles. The molecule has 1 aromatic rings. The van der Waals surface area contributed by atoms with E-state index in [1.54, 1.807) is 0 Å². The summed E-state index contributed by atoms with van der Waals surface area (Å²) in [6, 6.07) is 0. The quantitative estimate of drug-likeness (QED) is 0.467. The number of rotatable bonds is 1. The molecule has 1 heterocycles. The van der Waals surface area contributed by atoms with E-state index in [2.05, 4.69) is 14.4 Å². The molecule has 0 aliphatic carbocycles. The van der Waals surface area contributed by atoms with Crippen LogP contribution in [0.15, 0.2) is 15.6 Å². The van der Waals surface area contributed by atoms with Crippen molar-refractivity contribution in [2.45, 2.75) is 0 Å². The molecule has 0 aromatic carbocycles. The molecular weight excluding hydrogens is 112 g/mol. The molecule has 0 bridgehead atoms. The van der Waals surface area contributed by atoms with Gasteiger partial charge in [-0.3, -0.25) is 0 Å². The Hall–Kier alpha value is -1.26. The van der Waals surface area contributed by atoms with Crippen molar-refractivity contribution < 1.29 is 9.25 Å². The first-order valence-corrected chi connectivity index (χ1v) is 1.92. The average molecular weight is 116 g/mol. The van der Waals surface area contributed by atoms with Crippen molar-refractivity contribution >= 4 is 0 Å². The van der Waals surface area contributed by atoms with Gasteiger partial charge in [-0.25, -0.2) is 4.79 Å². The fourth-order valence-electron chi connectivity index (χ4n) is 0.325. The second-order valence-corrected chi connectivity index (χ2v) is 1.06. The Kier molecular flexibility index (Phi) is 1.03. The van der Waals surface area contributed by atoms with Crippen molar-refractivity contribution in [3.05, 3.63) is 16.9 Å². The molecule has 0 aliphatic rings. The summed E-state index contributed by atoms with van der Waals surface area (Å²) in [4.78, 5) is 15.4. The van der Waals surface area contributed by atoms with Crippen LogP contribution in [0.1, 0.15) is 0 Å². The Balaban J connectivity index is 3.11. The van der Waals surface area contributed by atoms with Gasteiger partial charge in [0, 0.05) is 0 Å². The SMILES string of the molecule is COn1ncoc1=O. The average Bonchev–Trinajstić information content (AvgIpc) is 2.14. The minimum atomic E-state index is -0.618. The van der Waals surface area contributed by atoms with E-state index in [9.17, 15) is 4.79 Å². The molecule has 0 spiro atoms. The first kappa shape index (κ1) is 4.89. The smallest absolute Gasteiger partial charge is 0.395 e. The van der Waals surface area contributed by atoms with Crippen molar-refractivity contribution in [2.75, 3.05) is 7.11 Å². The Labute approximate surface area is 44.4 Å². The van der Waals surface area contributed by atoms with Gasteiger partial charge in [0.15, 0.2) is 0 Å². The third kappa shape index (κ3) is 0.575. The van der Waals surface area contributed by atoms with Crippen molar-refractivity contribution in [1.82, 2.24) is 9.94 Å². The lowest BCUT2D eigenvalue weighted by Crippen LogP contribution is -2.20. The molecule has 0 atom stereocenters. The largest absolute Gasteiger partial charge is 0.471 e. The highest BCUT2D eigenvalue weighted by Crippen LogP contribution is 1.64. The van der Waals surface area contributed by atoms with Crippen LogP contribution in [0.4, 0.5) is 0 Å². The fraction of sp³-hybridized carbons (Fsp3) is 0.333.